The van der Waals surface area contributed by atoms with Gasteiger partial charge in [0.25, 0.3) is 0 Å². The first kappa shape index (κ1) is 12.0. The molecule has 0 fully saturated rings. The van der Waals surface area contributed by atoms with E-state index in [1.54, 1.807) is 0 Å². The lowest BCUT2D eigenvalue weighted by molar-refractivity contribution is -0.138. The molecular formula is C7H8N4O4S. The smallest absolute Gasteiger partial charge is 0.326 e. The Bertz CT molecular complexity index is 391. The fraction of sp³-hybridized carbons (Fsp3) is 0.286. The Hall–Kier alpha value is -2.03. The van der Waals surface area contributed by atoms with Gasteiger partial charge in [-0.1, -0.05) is 4.49 Å². The third-order valence-corrected chi connectivity index (χ3v) is 2.00. The van der Waals surface area contributed by atoms with Gasteiger partial charge in [0.2, 0.25) is 5.91 Å². The highest BCUT2D eigenvalue weighted by atomic mass is 32.1. The van der Waals surface area contributed by atoms with E-state index in [-0.39, 0.29) is 12.8 Å². The van der Waals surface area contributed by atoms with Crippen LogP contribution in [0.4, 0.5) is 9.80 Å². The Morgan fingerprint density at radius 2 is 2.12 bits per heavy atom. The highest BCUT2D eigenvalue weighted by Crippen LogP contribution is 2.08. The van der Waals surface area contributed by atoms with Crippen molar-refractivity contribution in [1.82, 2.24) is 14.9 Å². The van der Waals surface area contributed by atoms with Crippen LogP contribution in [0.15, 0.2) is 6.20 Å². The van der Waals surface area contributed by atoms with Crippen LogP contribution in [0.2, 0.25) is 0 Å². The number of aliphatic carboxylic acids is 1. The molecule has 1 heterocycles. The Balaban J connectivity index is 2.29. The van der Waals surface area contributed by atoms with Gasteiger partial charge in [-0.2, -0.15) is 0 Å². The van der Waals surface area contributed by atoms with Crippen molar-refractivity contribution in [2.75, 3.05) is 5.32 Å². The number of aromatic nitrogens is 2. The van der Waals surface area contributed by atoms with E-state index in [9.17, 15) is 14.4 Å². The summed E-state index contributed by atoms with van der Waals surface area (Å²) < 4.78 is 3.50. The summed E-state index contributed by atoms with van der Waals surface area (Å²) in [6.07, 6.45) is 0.761. The van der Waals surface area contributed by atoms with Gasteiger partial charge in [0, 0.05) is 18.0 Å². The van der Waals surface area contributed by atoms with E-state index in [0.29, 0.717) is 5.00 Å². The van der Waals surface area contributed by atoms with Gasteiger partial charge in [-0.05, 0) is 0 Å². The molecule has 3 N–H and O–H groups in total. The number of nitrogens with one attached hydrogen (secondary N) is 2. The average Bonchev–Trinajstić information content (AvgIpc) is 2.67. The minimum atomic E-state index is -1.10. The molecule has 3 amide bonds. The molecule has 9 heteroatoms. The third kappa shape index (κ3) is 4.46. The molecule has 1 aromatic rings. The van der Waals surface area contributed by atoms with Crippen molar-refractivity contribution in [2.45, 2.75) is 12.8 Å². The maximum atomic E-state index is 11.1. The van der Waals surface area contributed by atoms with Gasteiger partial charge in [0.1, 0.15) is 5.00 Å². The van der Waals surface area contributed by atoms with E-state index in [4.69, 9.17) is 5.11 Å². The second-order valence-corrected chi connectivity index (χ2v) is 3.46. The number of nitrogens with zero attached hydrogens (tertiary/aromatic N) is 2. The van der Waals surface area contributed by atoms with Crippen molar-refractivity contribution in [3.63, 3.8) is 0 Å². The molecule has 0 aliphatic carbocycles. The van der Waals surface area contributed by atoms with Gasteiger partial charge in [-0.3, -0.25) is 20.2 Å². The van der Waals surface area contributed by atoms with E-state index in [1.807, 2.05) is 5.32 Å². The van der Waals surface area contributed by atoms with E-state index in [0.717, 1.165) is 11.5 Å². The number of carboxylic acid groups (broad SMARTS) is 1. The molecule has 16 heavy (non-hydrogen) atoms. The van der Waals surface area contributed by atoms with Gasteiger partial charge >= 0.3 is 12.0 Å². The number of imide groups is 1. The number of rotatable bonds is 4. The molecule has 0 radical (unpaired) electrons. The number of carbonyl (C=O) groups is 3. The topological polar surface area (TPSA) is 121 Å². The number of urea groups is 1. The van der Waals surface area contributed by atoms with Gasteiger partial charge in [-0.25, -0.2) is 4.79 Å². The van der Waals surface area contributed by atoms with Crippen LogP contribution >= 0.6 is 11.5 Å². The zero-order valence-corrected chi connectivity index (χ0v) is 8.78. The lowest BCUT2D eigenvalue weighted by atomic mass is 10.3. The van der Waals surface area contributed by atoms with Gasteiger partial charge < -0.3 is 5.11 Å². The highest BCUT2D eigenvalue weighted by Gasteiger charge is 2.10. The van der Waals surface area contributed by atoms with Crippen molar-refractivity contribution >= 4 is 34.4 Å². The molecule has 0 aliphatic heterocycles. The number of carbonyl (C=O) groups excluding carboxylic acids is 2. The van der Waals surface area contributed by atoms with E-state index < -0.39 is 17.9 Å². The zero-order chi connectivity index (χ0) is 12.0. The highest BCUT2D eigenvalue weighted by molar-refractivity contribution is 7.10. The normalized spacial score (nSPS) is 9.50. The predicted molar refractivity (Wildman–Crippen MR) is 53.9 cm³/mol. The van der Waals surface area contributed by atoms with Crippen molar-refractivity contribution in [2.24, 2.45) is 0 Å². The molecule has 8 nitrogen and oxygen atoms in total. The molecule has 1 rings (SSSR count). The van der Waals surface area contributed by atoms with Crippen LogP contribution in [0.25, 0.3) is 0 Å². The van der Waals surface area contributed by atoms with Crippen LogP contribution in [0, 0.1) is 0 Å². The Kier molecular flexibility index (Phi) is 4.33. The SMILES string of the molecule is O=C(O)CCC(=O)NC(=O)Nc1cnns1. The molecular weight excluding hydrogens is 236 g/mol. The van der Waals surface area contributed by atoms with Crippen LogP contribution in [0.5, 0.6) is 0 Å². The molecule has 1 aromatic heterocycles. The molecule has 0 aliphatic rings. The van der Waals surface area contributed by atoms with Gasteiger partial charge in [-0.15, -0.1) is 5.10 Å². The fourth-order valence-electron chi connectivity index (χ4n) is 0.775. The lowest BCUT2D eigenvalue weighted by Crippen LogP contribution is -2.34. The summed E-state index contributed by atoms with van der Waals surface area (Å²) in [6.45, 7) is 0. The summed E-state index contributed by atoms with van der Waals surface area (Å²) in [4.78, 5) is 32.3. The fourth-order valence-corrected chi connectivity index (χ4v) is 1.19. The summed E-state index contributed by atoms with van der Waals surface area (Å²) in [5.41, 5.74) is 0. The largest absolute Gasteiger partial charge is 0.481 e. The summed E-state index contributed by atoms with van der Waals surface area (Å²) in [5.74, 6) is -1.75. The summed E-state index contributed by atoms with van der Waals surface area (Å²) in [7, 11) is 0. The van der Waals surface area contributed by atoms with Crippen LogP contribution in [-0.4, -0.2) is 32.6 Å². The van der Waals surface area contributed by atoms with Crippen LogP contribution in [0.1, 0.15) is 12.8 Å². The van der Waals surface area contributed by atoms with Crippen LogP contribution in [-0.2, 0) is 9.59 Å². The van der Waals surface area contributed by atoms with Crippen molar-refractivity contribution in [1.29, 1.82) is 0 Å². The maximum Gasteiger partial charge on any atom is 0.326 e. The molecule has 0 bridgehead atoms. The van der Waals surface area contributed by atoms with Crippen LogP contribution < -0.4 is 10.6 Å². The average molecular weight is 244 g/mol. The Labute approximate surface area is 93.8 Å². The van der Waals surface area contributed by atoms with Gasteiger partial charge in [0.05, 0.1) is 12.6 Å². The molecule has 0 unspecified atom stereocenters. The standard InChI is InChI=1S/C7H8N4O4S/c12-4(1-2-6(13)14)9-7(15)10-5-3-8-11-16-5/h3H,1-2H2,(H,13,14)(H2,9,10,12,15). The first-order valence-corrected chi connectivity index (χ1v) is 4.95. The minimum Gasteiger partial charge on any atom is -0.481 e. The quantitative estimate of drug-likeness (QED) is 0.688. The van der Waals surface area contributed by atoms with Gasteiger partial charge in [0.15, 0.2) is 0 Å². The first-order chi connectivity index (χ1) is 7.58. The van der Waals surface area contributed by atoms with Crippen molar-refractivity contribution in [3.8, 4) is 0 Å². The molecule has 0 saturated carbocycles. The molecule has 0 aromatic carbocycles. The molecule has 0 spiro atoms. The summed E-state index contributed by atoms with van der Waals surface area (Å²) >= 11 is 0.958. The molecule has 0 saturated heterocycles. The zero-order valence-electron chi connectivity index (χ0n) is 7.97. The summed E-state index contributed by atoms with van der Waals surface area (Å²) in [5, 5.41) is 16.5. The van der Waals surface area contributed by atoms with Crippen molar-refractivity contribution < 1.29 is 19.5 Å². The third-order valence-electron chi connectivity index (χ3n) is 1.42. The monoisotopic (exact) mass is 244 g/mol. The van der Waals surface area contributed by atoms with E-state index >= 15 is 0 Å². The second-order valence-electron chi connectivity index (χ2n) is 2.68. The predicted octanol–water partition coefficient (Wildman–Crippen LogP) is 0.0510. The lowest BCUT2D eigenvalue weighted by Gasteiger charge is -2.02. The number of anilines is 1. The Morgan fingerprint density at radius 3 is 2.69 bits per heavy atom. The summed E-state index contributed by atoms with van der Waals surface area (Å²) in [6, 6.07) is -0.735. The number of hydrogen-bond donors (Lipinski definition) is 3. The van der Waals surface area contributed by atoms with Crippen molar-refractivity contribution in [3.05, 3.63) is 6.20 Å². The Morgan fingerprint density at radius 1 is 1.38 bits per heavy atom. The maximum absolute atomic E-state index is 11.1. The molecule has 0 atom stereocenters. The number of carboxylic acids is 1. The van der Waals surface area contributed by atoms with E-state index in [2.05, 4.69) is 14.9 Å². The molecule has 86 valence electrons. The minimum absolute atomic E-state index is 0.246. The van der Waals surface area contributed by atoms with Crippen LogP contribution in [0.3, 0.4) is 0 Å². The number of amides is 3. The van der Waals surface area contributed by atoms with E-state index in [1.165, 1.54) is 6.20 Å². The number of hydrogen-bond acceptors (Lipinski definition) is 6. The second kappa shape index (κ2) is 5.75. The first-order valence-electron chi connectivity index (χ1n) is 4.18.